The van der Waals surface area contributed by atoms with Crippen LogP contribution < -0.4 is 9.80 Å². The van der Waals surface area contributed by atoms with E-state index in [0.29, 0.717) is 17.3 Å². The molecule has 1 N–H and O–H groups in total. The molecule has 136 valence electrons. The number of quaternary nitrogens is 1. The fourth-order valence-corrected chi connectivity index (χ4v) is 4.48. The molecule has 1 amide bonds. The zero-order valence-electron chi connectivity index (χ0n) is 14.7. The van der Waals surface area contributed by atoms with Crippen LogP contribution in [0.25, 0.3) is 10.2 Å². The van der Waals surface area contributed by atoms with Crippen molar-refractivity contribution in [3.8, 4) is 0 Å². The van der Waals surface area contributed by atoms with E-state index in [9.17, 15) is 4.79 Å². The van der Waals surface area contributed by atoms with E-state index >= 15 is 0 Å². The Kier molecular flexibility index (Phi) is 6.53. The van der Waals surface area contributed by atoms with Gasteiger partial charge in [-0.05, 0) is 30.3 Å². The third-order valence-corrected chi connectivity index (χ3v) is 6.09. The number of anilines is 1. The molecule has 0 bridgehead atoms. The molecule has 1 heterocycles. The molecule has 0 aliphatic carbocycles. The second kappa shape index (κ2) is 8.86. The molecule has 2 aromatic carbocycles. The van der Waals surface area contributed by atoms with E-state index in [4.69, 9.17) is 11.6 Å². The Labute approximate surface area is 166 Å². The van der Waals surface area contributed by atoms with Gasteiger partial charge in [-0.2, -0.15) is 0 Å². The van der Waals surface area contributed by atoms with Crippen LogP contribution in [-0.2, 0) is 4.79 Å². The second-order valence-corrected chi connectivity index (χ2v) is 8.71. The number of fused-ring (bicyclic) bond motifs is 1. The number of aromatic nitrogens is 1. The molecule has 0 aliphatic rings. The van der Waals surface area contributed by atoms with Crippen LogP contribution in [0.15, 0.2) is 53.4 Å². The lowest BCUT2D eigenvalue weighted by molar-refractivity contribution is -0.856. The summed E-state index contributed by atoms with van der Waals surface area (Å²) in [6, 6.07) is 15.6. The van der Waals surface area contributed by atoms with Crippen LogP contribution in [0.4, 0.5) is 5.13 Å². The predicted octanol–water partition coefficient (Wildman–Crippen LogP) is 3.22. The van der Waals surface area contributed by atoms with Gasteiger partial charge in [-0.25, -0.2) is 4.98 Å². The van der Waals surface area contributed by atoms with Crippen molar-refractivity contribution in [2.24, 2.45) is 0 Å². The summed E-state index contributed by atoms with van der Waals surface area (Å²) in [6.45, 7) is 1.50. The zero-order chi connectivity index (χ0) is 18.5. The molecule has 0 radical (unpaired) electrons. The van der Waals surface area contributed by atoms with E-state index in [1.807, 2.05) is 53.4 Å². The maximum absolute atomic E-state index is 12.9. The smallest absolute Gasteiger partial charge is 0.239 e. The first-order valence-corrected chi connectivity index (χ1v) is 10.5. The van der Waals surface area contributed by atoms with Gasteiger partial charge in [0.15, 0.2) is 5.13 Å². The number of hydrogen-bond acceptors (Lipinski definition) is 4. The highest BCUT2D eigenvalue weighted by Crippen LogP contribution is 2.31. The normalized spacial score (nSPS) is 11.2. The predicted molar refractivity (Wildman–Crippen MR) is 112 cm³/mol. The summed E-state index contributed by atoms with van der Waals surface area (Å²) in [6.07, 6.45) is 0. The van der Waals surface area contributed by atoms with Crippen molar-refractivity contribution < 1.29 is 9.69 Å². The molecule has 0 saturated carbocycles. The fraction of sp³-hybridized carbons (Fsp3) is 0.263. The highest BCUT2D eigenvalue weighted by Gasteiger charge is 2.21. The third-order valence-electron chi connectivity index (χ3n) is 3.81. The molecule has 0 unspecified atom stereocenters. The Morgan fingerprint density at radius 3 is 2.73 bits per heavy atom. The van der Waals surface area contributed by atoms with E-state index in [1.165, 1.54) is 16.2 Å². The van der Waals surface area contributed by atoms with E-state index in [1.54, 1.807) is 11.8 Å². The minimum Gasteiger partial charge on any atom is -0.338 e. The number of carbonyl (C=O) groups is 1. The summed E-state index contributed by atoms with van der Waals surface area (Å²) in [7, 11) is 4.17. The number of benzene rings is 2. The lowest BCUT2D eigenvalue weighted by Crippen LogP contribution is -3.06. The number of carbonyl (C=O) groups excluding carboxylic acids is 1. The van der Waals surface area contributed by atoms with Crippen LogP contribution in [0, 0.1) is 0 Å². The fourth-order valence-electron chi connectivity index (χ4n) is 2.40. The van der Waals surface area contributed by atoms with Crippen molar-refractivity contribution in [3.05, 3.63) is 53.6 Å². The summed E-state index contributed by atoms with van der Waals surface area (Å²) < 4.78 is 0.998. The van der Waals surface area contributed by atoms with Crippen molar-refractivity contribution >= 4 is 56.0 Å². The number of thiazole rings is 1. The summed E-state index contributed by atoms with van der Waals surface area (Å²) in [5, 5.41) is 1.42. The molecule has 0 atom stereocenters. The average molecular weight is 407 g/mol. The van der Waals surface area contributed by atoms with Crippen molar-refractivity contribution in [1.29, 1.82) is 0 Å². The SMILES string of the molecule is C[NH+](C)CCN(C(=O)CSc1ccccc1)c1nc2ccc(Cl)cc2s1. The summed E-state index contributed by atoms with van der Waals surface area (Å²) in [4.78, 5) is 21.8. The molecule has 26 heavy (non-hydrogen) atoms. The number of thioether (sulfide) groups is 1. The molecular weight excluding hydrogens is 386 g/mol. The number of nitrogens with one attached hydrogen (secondary N) is 1. The zero-order valence-corrected chi connectivity index (χ0v) is 17.1. The first kappa shape index (κ1) is 19.2. The van der Waals surface area contributed by atoms with Gasteiger partial charge in [0, 0.05) is 9.92 Å². The number of halogens is 1. The second-order valence-electron chi connectivity index (χ2n) is 6.21. The largest absolute Gasteiger partial charge is 0.338 e. The maximum atomic E-state index is 12.9. The summed E-state index contributed by atoms with van der Waals surface area (Å²) in [5.41, 5.74) is 0.875. The van der Waals surface area contributed by atoms with Crippen LogP contribution in [0.3, 0.4) is 0 Å². The molecule has 0 spiro atoms. The molecule has 3 rings (SSSR count). The van der Waals surface area contributed by atoms with Gasteiger partial charge in [0.25, 0.3) is 0 Å². The van der Waals surface area contributed by atoms with Crippen molar-refractivity contribution in [3.63, 3.8) is 0 Å². The Balaban J connectivity index is 1.79. The number of rotatable bonds is 7. The molecule has 3 aromatic rings. The Hall–Kier alpha value is -1.60. The monoisotopic (exact) mass is 406 g/mol. The Morgan fingerprint density at radius 2 is 2.00 bits per heavy atom. The minimum absolute atomic E-state index is 0.0743. The average Bonchev–Trinajstić information content (AvgIpc) is 3.03. The van der Waals surface area contributed by atoms with Crippen LogP contribution >= 0.6 is 34.7 Å². The summed E-state index contributed by atoms with van der Waals surface area (Å²) in [5.74, 6) is 0.467. The van der Waals surface area contributed by atoms with Gasteiger partial charge in [-0.1, -0.05) is 41.1 Å². The van der Waals surface area contributed by atoms with E-state index < -0.39 is 0 Å². The number of hydrogen-bond donors (Lipinski definition) is 1. The third kappa shape index (κ3) is 4.98. The van der Waals surface area contributed by atoms with Gasteiger partial charge < -0.3 is 4.90 Å². The molecule has 0 saturated heterocycles. The number of likely N-dealkylation sites (N-methyl/N-ethyl adjacent to an activating group) is 1. The Morgan fingerprint density at radius 1 is 1.23 bits per heavy atom. The highest BCUT2D eigenvalue weighted by molar-refractivity contribution is 8.00. The molecule has 7 heteroatoms. The van der Waals surface area contributed by atoms with Crippen molar-refractivity contribution in [2.45, 2.75) is 4.90 Å². The first-order valence-electron chi connectivity index (χ1n) is 8.36. The van der Waals surface area contributed by atoms with E-state index in [0.717, 1.165) is 26.8 Å². The van der Waals surface area contributed by atoms with E-state index in [-0.39, 0.29) is 5.91 Å². The number of nitrogens with zero attached hydrogens (tertiary/aromatic N) is 2. The van der Waals surface area contributed by atoms with Gasteiger partial charge >= 0.3 is 0 Å². The van der Waals surface area contributed by atoms with Crippen LogP contribution in [-0.4, -0.2) is 43.8 Å². The van der Waals surface area contributed by atoms with Crippen LogP contribution in [0.5, 0.6) is 0 Å². The van der Waals surface area contributed by atoms with E-state index in [2.05, 4.69) is 19.1 Å². The summed E-state index contributed by atoms with van der Waals surface area (Å²) >= 11 is 9.15. The molecule has 4 nitrogen and oxygen atoms in total. The van der Waals surface area contributed by atoms with Gasteiger partial charge in [-0.3, -0.25) is 9.69 Å². The molecule has 1 aromatic heterocycles. The van der Waals surface area contributed by atoms with Gasteiger partial charge in [0.05, 0.1) is 43.2 Å². The van der Waals surface area contributed by atoms with Crippen molar-refractivity contribution in [1.82, 2.24) is 4.98 Å². The lowest BCUT2D eigenvalue weighted by Gasteiger charge is -2.20. The van der Waals surface area contributed by atoms with Gasteiger partial charge in [0.2, 0.25) is 5.91 Å². The molecule has 0 aliphatic heterocycles. The van der Waals surface area contributed by atoms with Crippen molar-refractivity contribution in [2.75, 3.05) is 37.8 Å². The number of amides is 1. The van der Waals surface area contributed by atoms with Crippen LogP contribution in [0.2, 0.25) is 5.02 Å². The molecular formula is C19H21ClN3OS2+. The highest BCUT2D eigenvalue weighted by atomic mass is 35.5. The topological polar surface area (TPSA) is 37.6 Å². The first-order chi connectivity index (χ1) is 12.5. The van der Waals surface area contributed by atoms with Gasteiger partial charge in [-0.15, -0.1) is 11.8 Å². The van der Waals surface area contributed by atoms with Crippen LogP contribution in [0.1, 0.15) is 0 Å². The lowest BCUT2D eigenvalue weighted by atomic mass is 10.3. The molecule has 0 fully saturated rings. The van der Waals surface area contributed by atoms with Gasteiger partial charge in [0.1, 0.15) is 0 Å². The standard InChI is InChI=1S/C19H20ClN3OS2/c1-22(2)10-11-23(18(24)13-25-15-6-4-3-5-7-15)19-21-16-9-8-14(20)12-17(16)26-19/h3-9,12H,10-11,13H2,1-2H3/p+1. The quantitative estimate of drug-likeness (QED) is 0.612. The Bertz CT molecular complexity index is 883. The minimum atomic E-state index is 0.0743. The maximum Gasteiger partial charge on any atom is 0.239 e.